The molecule has 2 aromatic heterocycles. The summed E-state index contributed by atoms with van der Waals surface area (Å²) in [4.78, 5) is 4.52. The molecule has 0 saturated heterocycles. The quantitative estimate of drug-likeness (QED) is 0.867. The van der Waals surface area contributed by atoms with Crippen LogP contribution in [-0.4, -0.2) is 21.3 Å². The number of nitrogens with zero attached hydrogens (tertiary/aromatic N) is 3. The molecule has 6 heteroatoms. The van der Waals surface area contributed by atoms with Crippen molar-refractivity contribution in [1.82, 2.24) is 15.3 Å². The standard InChI is InChI=1S/C14H20N4O2/c1-4-11(15)7-12-14(6-5-9(2)16-12)19-8-13-10(3)17-20-18-13/h5-6,11H,4,7-8,15H2,1-3H3. The molecule has 2 N–H and O–H groups in total. The van der Waals surface area contributed by atoms with Crippen LogP contribution in [0.2, 0.25) is 0 Å². The first-order valence-corrected chi connectivity index (χ1v) is 6.73. The molecule has 0 saturated carbocycles. The van der Waals surface area contributed by atoms with Gasteiger partial charge in [0.2, 0.25) is 0 Å². The summed E-state index contributed by atoms with van der Waals surface area (Å²) in [5, 5.41) is 7.52. The molecule has 0 aliphatic carbocycles. The molecule has 0 radical (unpaired) electrons. The Morgan fingerprint density at radius 3 is 2.70 bits per heavy atom. The summed E-state index contributed by atoms with van der Waals surface area (Å²) in [7, 11) is 0. The van der Waals surface area contributed by atoms with Crippen molar-refractivity contribution >= 4 is 0 Å². The van der Waals surface area contributed by atoms with Gasteiger partial charge >= 0.3 is 0 Å². The van der Waals surface area contributed by atoms with Gasteiger partial charge in [-0.25, -0.2) is 4.63 Å². The Morgan fingerprint density at radius 2 is 2.05 bits per heavy atom. The second kappa shape index (κ2) is 6.47. The van der Waals surface area contributed by atoms with E-state index in [2.05, 4.69) is 26.9 Å². The van der Waals surface area contributed by atoms with E-state index in [0.29, 0.717) is 18.7 Å². The van der Waals surface area contributed by atoms with Gasteiger partial charge in [-0.3, -0.25) is 4.98 Å². The molecule has 0 aliphatic heterocycles. The number of hydrogen-bond donors (Lipinski definition) is 1. The molecule has 0 aromatic carbocycles. The highest BCUT2D eigenvalue weighted by molar-refractivity contribution is 5.30. The van der Waals surface area contributed by atoms with Crippen molar-refractivity contribution in [3.8, 4) is 5.75 Å². The van der Waals surface area contributed by atoms with Gasteiger partial charge < -0.3 is 10.5 Å². The van der Waals surface area contributed by atoms with Gasteiger partial charge in [-0.15, -0.1) is 0 Å². The molecule has 0 bridgehead atoms. The Bertz CT molecular complexity index is 568. The van der Waals surface area contributed by atoms with Crippen molar-refractivity contribution in [3.63, 3.8) is 0 Å². The minimum absolute atomic E-state index is 0.0853. The maximum absolute atomic E-state index is 6.01. The Labute approximate surface area is 118 Å². The first-order chi connectivity index (χ1) is 9.60. The van der Waals surface area contributed by atoms with E-state index in [9.17, 15) is 0 Å². The van der Waals surface area contributed by atoms with Crippen LogP contribution in [-0.2, 0) is 13.0 Å². The lowest BCUT2D eigenvalue weighted by atomic mass is 10.1. The predicted octanol–water partition coefficient (Wildman–Crippen LogP) is 1.94. The van der Waals surface area contributed by atoms with Crippen molar-refractivity contribution in [2.45, 2.75) is 46.3 Å². The summed E-state index contributed by atoms with van der Waals surface area (Å²) >= 11 is 0. The van der Waals surface area contributed by atoms with Gasteiger partial charge in [0.25, 0.3) is 0 Å². The van der Waals surface area contributed by atoms with Crippen LogP contribution in [0.3, 0.4) is 0 Å². The van der Waals surface area contributed by atoms with Gasteiger partial charge in [-0.05, 0) is 32.4 Å². The number of rotatable bonds is 6. The number of hydrogen-bond acceptors (Lipinski definition) is 6. The number of nitrogens with two attached hydrogens (primary N) is 1. The van der Waals surface area contributed by atoms with Crippen molar-refractivity contribution in [3.05, 3.63) is 34.9 Å². The third-order valence-electron chi connectivity index (χ3n) is 3.16. The fourth-order valence-electron chi connectivity index (χ4n) is 1.79. The monoisotopic (exact) mass is 276 g/mol. The van der Waals surface area contributed by atoms with Crippen LogP contribution in [0.15, 0.2) is 16.8 Å². The van der Waals surface area contributed by atoms with Crippen LogP contribution in [0.5, 0.6) is 5.75 Å². The summed E-state index contributed by atoms with van der Waals surface area (Å²) in [5.74, 6) is 0.738. The molecule has 0 fully saturated rings. The molecule has 108 valence electrons. The second-order valence-electron chi connectivity index (χ2n) is 4.85. The van der Waals surface area contributed by atoms with Crippen LogP contribution >= 0.6 is 0 Å². The zero-order valence-corrected chi connectivity index (χ0v) is 12.1. The summed E-state index contributed by atoms with van der Waals surface area (Å²) in [6.07, 6.45) is 1.60. The summed E-state index contributed by atoms with van der Waals surface area (Å²) in [6.45, 7) is 6.16. The van der Waals surface area contributed by atoms with Crippen molar-refractivity contribution in [2.75, 3.05) is 0 Å². The number of pyridine rings is 1. The fraction of sp³-hybridized carbons (Fsp3) is 0.500. The smallest absolute Gasteiger partial charge is 0.145 e. The average molecular weight is 276 g/mol. The van der Waals surface area contributed by atoms with E-state index in [4.69, 9.17) is 10.5 Å². The van der Waals surface area contributed by atoms with Gasteiger partial charge in [0.1, 0.15) is 23.7 Å². The van der Waals surface area contributed by atoms with Gasteiger partial charge in [0.15, 0.2) is 0 Å². The van der Waals surface area contributed by atoms with Gasteiger partial charge in [-0.2, -0.15) is 0 Å². The third-order valence-corrected chi connectivity index (χ3v) is 3.16. The molecule has 0 spiro atoms. The number of aromatic nitrogens is 3. The topological polar surface area (TPSA) is 87.1 Å². The molecule has 1 unspecified atom stereocenters. The number of ether oxygens (including phenoxy) is 1. The highest BCUT2D eigenvalue weighted by atomic mass is 16.6. The fourth-order valence-corrected chi connectivity index (χ4v) is 1.79. The summed E-state index contributed by atoms with van der Waals surface area (Å²) in [6, 6.07) is 3.93. The normalized spacial score (nSPS) is 12.4. The van der Waals surface area contributed by atoms with Gasteiger partial charge in [0.05, 0.1) is 5.69 Å². The molecular formula is C14H20N4O2. The van der Waals surface area contributed by atoms with Crippen LogP contribution in [0.25, 0.3) is 0 Å². The molecule has 20 heavy (non-hydrogen) atoms. The van der Waals surface area contributed by atoms with E-state index in [0.717, 1.165) is 29.3 Å². The Morgan fingerprint density at radius 1 is 1.25 bits per heavy atom. The second-order valence-corrected chi connectivity index (χ2v) is 4.85. The zero-order valence-electron chi connectivity index (χ0n) is 12.1. The van der Waals surface area contributed by atoms with Crippen LogP contribution in [0, 0.1) is 13.8 Å². The lowest BCUT2D eigenvalue weighted by Crippen LogP contribution is -2.22. The zero-order chi connectivity index (χ0) is 14.5. The molecule has 1 atom stereocenters. The minimum atomic E-state index is 0.0853. The van der Waals surface area contributed by atoms with E-state index in [-0.39, 0.29) is 6.04 Å². The minimum Gasteiger partial charge on any atom is -0.485 e. The van der Waals surface area contributed by atoms with Crippen molar-refractivity contribution < 1.29 is 9.37 Å². The molecule has 2 heterocycles. The van der Waals surface area contributed by atoms with E-state index in [1.807, 2.05) is 26.0 Å². The van der Waals surface area contributed by atoms with Crippen LogP contribution in [0.4, 0.5) is 0 Å². The van der Waals surface area contributed by atoms with Gasteiger partial charge in [0, 0.05) is 18.2 Å². The average Bonchev–Trinajstić information content (AvgIpc) is 2.83. The maximum atomic E-state index is 6.01. The van der Waals surface area contributed by atoms with Gasteiger partial charge in [-0.1, -0.05) is 17.2 Å². The lowest BCUT2D eigenvalue weighted by molar-refractivity contribution is 0.267. The lowest BCUT2D eigenvalue weighted by Gasteiger charge is -2.13. The van der Waals surface area contributed by atoms with E-state index in [1.165, 1.54) is 0 Å². The van der Waals surface area contributed by atoms with Crippen LogP contribution < -0.4 is 10.5 Å². The molecule has 0 amide bonds. The Hall–Kier alpha value is -1.95. The van der Waals surface area contributed by atoms with Crippen LogP contribution in [0.1, 0.15) is 36.1 Å². The summed E-state index contributed by atoms with van der Waals surface area (Å²) in [5.41, 5.74) is 9.27. The van der Waals surface area contributed by atoms with E-state index in [1.54, 1.807) is 0 Å². The highest BCUT2D eigenvalue weighted by Crippen LogP contribution is 2.20. The predicted molar refractivity (Wildman–Crippen MR) is 74.3 cm³/mol. The van der Waals surface area contributed by atoms with E-state index >= 15 is 0 Å². The van der Waals surface area contributed by atoms with Crippen molar-refractivity contribution in [1.29, 1.82) is 0 Å². The largest absolute Gasteiger partial charge is 0.485 e. The van der Waals surface area contributed by atoms with E-state index < -0.39 is 0 Å². The van der Waals surface area contributed by atoms with Crippen molar-refractivity contribution in [2.24, 2.45) is 5.73 Å². The first kappa shape index (κ1) is 14.5. The SMILES string of the molecule is CCC(N)Cc1nc(C)ccc1OCc1nonc1C. The Balaban J connectivity index is 2.12. The molecule has 0 aliphatic rings. The third kappa shape index (κ3) is 3.54. The first-order valence-electron chi connectivity index (χ1n) is 6.73. The maximum Gasteiger partial charge on any atom is 0.145 e. The highest BCUT2D eigenvalue weighted by Gasteiger charge is 2.12. The molecule has 6 nitrogen and oxygen atoms in total. The molecule has 2 aromatic rings. The number of aryl methyl sites for hydroxylation is 2. The Kier molecular flexibility index (Phi) is 4.68. The summed E-state index contributed by atoms with van der Waals surface area (Å²) < 4.78 is 10.4. The molecule has 2 rings (SSSR count). The molecular weight excluding hydrogens is 256 g/mol.